The van der Waals surface area contributed by atoms with Gasteiger partial charge in [-0.15, -0.1) is 0 Å². The first-order valence-corrected chi connectivity index (χ1v) is 5.55. The van der Waals surface area contributed by atoms with Gasteiger partial charge in [-0.05, 0) is 19.8 Å². The number of phenolic OH excluding ortho intramolecular Hbond substituents is 1. The number of benzene rings is 1. The number of aliphatic hydroxyl groups excluding tert-OH is 1. The number of rotatable bonds is 5. The summed E-state index contributed by atoms with van der Waals surface area (Å²) < 4.78 is 26.1. The Morgan fingerprint density at radius 3 is 2.67 bits per heavy atom. The lowest BCUT2D eigenvalue weighted by Gasteiger charge is -2.14. The third-order valence-electron chi connectivity index (χ3n) is 2.43. The summed E-state index contributed by atoms with van der Waals surface area (Å²) >= 11 is 0. The first kappa shape index (κ1) is 14.4. The summed E-state index contributed by atoms with van der Waals surface area (Å²) in [4.78, 5) is 11.7. The van der Waals surface area contributed by atoms with Gasteiger partial charge in [-0.25, -0.2) is 8.78 Å². The molecule has 0 aliphatic rings. The summed E-state index contributed by atoms with van der Waals surface area (Å²) in [6.45, 7) is 1.68. The van der Waals surface area contributed by atoms with E-state index in [1.165, 1.54) is 0 Å². The van der Waals surface area contributed by atoms with Crippen molar-refractivity contribution in [2.75, 3.05) is 6.61 Å². The van der Waals surface area contributed by atoms with Crippen LogP contribution in [-0.2, 0) is 0 Å². The zero-order valence-electron chi connectivity index (χ0n) is 9.91. The molecule has 0 fully saturated rings. The largest absolute Gasteiger partial charge is 0.507 e. The molecule has 1 aromatic rings. The Kier molecular flexibility index (Phi) is 5.03. The van der Waals surface area contributed by atoms with E-state index in [1.807, 2.05) is 0 Å². The quantitative estimate of drug-likeness (QED) is 0.751. The minimum Gasteiger partial charge on any atom is -0.507 e. The Bertz CT molecular complexity index is 414. The van der Waals surface area contributed by atoms with Crippen molar-refractivity contribution in [1.82, 2.24) is 5.32 Å². The number of carbonyl (C=O) groups excluding carboxylic acids is 1. The second kappa shape index (κ2) is 6.30. The molecular formula is C12H15F2NO3. The van der Waals surface area contributed by atoms with Crippen LogP contribution in [0.2, 0.25) is 0 Å². The van der Waals surface area contributed by atoms with Gasteiger partial charge in [-0.2, -0.15) is 0 Å². The lowest BCUT2D eigenvalue weighted by atomic mass is 10.1. The molecule has 4 nitrogen and oxygen atoms in total. The monoisotopic (exact) mass is 259 g/mol. The molecule has 0 aromatic heterocycles. The van der Waals surface area contributed by atoms with Crippen LogP contribution in [0.25, 0.3) is 0 Å². The third kappa shape index (κ3) is 3.66. The van der Waals surface area contributed by atoms with E-state index in [0.717, 1.165) is 0 Å². The number of amides is 1. The highest BCUT2D eigenvalue weighted by Gasteiger charge is 2.19. The number of aromatic hydroxyl groups is 1. The summed E-state index contributed by atoms with van der Waals surface area (Å²) in [7, 11) is 0. The Hall–Kier alpha value is -1.69. The lowest BCUT2D eigenvalue weighted by molar-refractivity contribution is 0.0929. The minimum atomic E-state index is -1.11. The fourth-order valence-electron chi connectivity index (χ4n) is 1.55. The van der Waals surface area contributed by atoms with E-state index in [2.05, 4.69) is 5.32 Å². The van der Waals surface area contributed by atoms with Crippen LogP contribution in [0.3, 0.4) is 0 Å². The van der Waals surface area contributed by atoms with E-state index in [-0.39, 0.29) is 12.6 Å². The van der Waals surface area contributed by atoms with Gasteiger partial charge in [0, 0.05) is 24.8 Å². The number of carbonyl (C=O) groups is 1. The molecular weight excluding hydrogens is 244 g/mol. The van der Waals surface area contributed by atoms with E-state index >= 15 is 0 Å². The van der Waals surface area contributed by atoms with Gasteiger partial charge in [-0.3, -0.25) is 4.79 Å². The van der Waals surface area contributed by atoms with Crippen LogP contribution in [-0.4, -0.2) is 28.8 Å². The normalized spacial score (nSPS) is 12.2. The topological polar surface area (TPSA) is 69.6 Å². The Morgan fingerprint density at radius 1 is 1.44 bits per heavy atom. The zero-order valence-corrected chi connectivity index (χ0v) is 9.91. The Morgan fingerprint density at radius 2 is 2.11 bits per heavy atom. The molecule has 1 amide bonds. The number of hydrogen-bond acceptors (Lipinski definition) is 3. The first-order chi connectivity index (χ1) is 8.45. The molecule has 18 heavy (non-hydrogen) atoms. The summed E-state index contributed by atoms with van der Waals surface area (Å²) in [5.74, 6) is -3.61. The van der Waals surface area contributed by atoms with Gasteiger partial charge in [-0.1, -0.05) is 0 Å². The van der Waals surface area contributed by atoms with Gasteiger partial charge in [0.05, 0.1) is 0 Å². The third-order valence-corrected chi connectivity index (χ3v) is 2.43. The molecule has 0 aliphatic carbocycles. The molecule has 1 atom stereocenters. The van der Waals surface area contributed by atoms with Crippen molar-refractivity contribution in [2.24, 2.45) is 0 Å². The van der Waals surface area contributed by atoms with Crippen LogP contribution in [0.5, 0.6) is 5.75 Å². The van der Waals surface area contributed by atoms with Gasteiger partial charge in [0.15, 0.2) is 0 Å². The van der Waals surface area contributed by atoms with Crippen LogP contribution in [0, 0.1) is 11.6 Å². The second-order valence-electron chi connectivity index (χ2n) is 4.02. The van der Waals surface area contributed by atoms with Crippen LogP contribution < -0.4 is 5.32 Å². The number of halogens is 2. The number of aliphatic hydroxyl groups is 1. The van der Waals surface area contributed by atoms with Crippen molar-refractivity contribution < 1.29 is 23.8 Å². The minimum absolute atomic E-state index is 0.00360. The van der Waals surface area contributed by atoms with Crippen LogP contribution in [0.1, 0.15) is 30.1 Å². The molecule has 100 valence electrons. The second-order valence-corrected chi connectivity index (χ2v) is 4.02. The standard InChI is InChI=1S/C12H15F2NO3/c1-7(3-2-4-16)15-12(18)11-9(14)5-8(13)6-10(11)17/h5-7,16-17H,2-4H2,1H3,(H,15,18). The number of nitrogens with one attached hydrogen (secondary N) is 1. The highest BCUT2D eigenvalue weighted by atomic mass is 19.1. The smallest absolute Gasteiger partial charge is 0.258 e. The number of hydrogen-bond donors (Lipinski definition) is 3. The van der Waals surface area contributed by atoms with E-state index < -0.39 is 28.9 Å². The van der Waals surface area contributed by atoms with E-state index in [4.69, 9.17) is 5.11 Å². The predicted molar refractivity (Wildman–Crippen MR) is 61.3 cm³/mol. The molecule has 3 N–H and O–H groups in total. The van der Waals surface area contributed by atoms with Crippen LogP contribution in [0.15, 0.2) is 12.1 Å². The molecule has 0 saturated carbocycles. The summed E-state index contributed by atoms with van der Waals surface area (Å²) in [6, 6.07) is 0.928. The Labute approximate surface area is 103 Å². The van der Waals surface area contributed by atoms with Gasteiger partial charge in [0.25, 0.3) is 5.91 Å². The Balaban J connectivity index is 2.78. The van der Waals surface area contributed by atoms with Crippen molar-refractivity contribution in [3.63, 3.8) is 0 Å². The van der Waals surface area contributed by atoms with Gasteiger partial charge in [0.2, 0.25) is 0 Å². The highest BCUT2D eigenvalue weighted by molar-refractivity contribution is 5.97. The van der Waals surface area contributed by atoms with Crippen molar-refractivity contribution in [2.45, 2.75) is 25.8 Å². The van der Waals surface area contributed by atoms with E-state index in [1.54, 1.807) is 6.92 Å². The van der Waals surface area contributed by atoms with Crippen LogP contribution in [0.4, 0.5) is 8.78 Å². The molecule has 0 radical (unpaired) electrons. The first-order valence-electron chi connectivity index (χ1n) is 5.55. The average Bonchev–Trinajstić information content (AvgIpc) is 2.24. The molecule has 0 saturated heterocycles. The average molecular weight is 259 g/mol. The maximum atomic E-state index is 13.4. The molecule has 0 heterocycles. The molecule has 0 spiro atoms. The van der Waals surface area contributed by atoms with Gasteiger partial charge in [0.1, 0.15) is 22.9 Å². The molecule has 6 heteroatoms. The summed E-state index contributed by atoms with van der Waals surface area (Å²) in [5, 5.41) is 20.4. The predicted octanol–water partition coefficient (Wildman–Crippen LogP) is 1.56. The maximum Gasteiger partial charge on any atom is 0.258 e. The number of phenols is 1. The van der Waals surface area contributed by atoms with Crippen molar-refractivity contribution in [3.8, 4) is 5.75 Å². The van der Waals surface area contributed by atoms with Crippen molar-refractivity contribution in [1.29, 1.82) is 0 Å². The summed E-state index contributed by atoms with van der Waals surface area (Å²) in [5.41, 5.74) is -0.577. The van der Waals surface area contributed by atoms with E-state index in [9.17, 15) is 18.7 Å². The SMILES string of the molecule is CC(CCCO)NC(=O)c1c(O)cc(F)cc1F. The van der Waals surface area contributed by atoms with Gasteiger partial charge >= 0.3 is 0 Å². The fraction of sp³-hybridized carbons (Fsp3) is 0.417. The lowest BCUT2D eigenvalue weighted by Crippen LogP contribution is -2.33. The highest BCUT2D eigenvalue weighted by Crippen LogP contribution is 2.22. The molecule has 1 rings (SSSR count). The molecule has 1 unspecified atom stereocenters. The molecule has 1 aromatic carbocycles. The zero-order chi connectivity index (χ0) is 13.7. The molecule has 0 aliphatic heterocycles. The van der Waals surface area contributed by atoms with Gasteiger partial charge < -0.3 is 15.5 Å². The maximum absolute atomic E-state index is 13.4. The fourth-order valence-corrected chi connectivity index (χ4v) is 1.55. The van der Waals surface area contributed by atoms with Crippen molar-refractivity contribution >= 4 is 5.91 Å². The van der Waals surface area contributed by atoms with Crippen LogP contribution >= 0.6 is 0 Å². The molecule has 0 bridgehead atoms. The summed E-state index contributed by atoms with van der Waals surface area (Å²) in [6.07, 6.45) is 1.02. The van der Waals surface area contributed by atoms with E-state index in [0.29, 0.717) is 25.0 Å². The van der Waals surface area contributed by atoms with Crippen molar-refractivity contribution in [3.05, 3.63) is 29.3 Å².